The van der Waals surface area contributed by atoms with Crippen molar-refractivity contribution in [1.29, 1.82) is 5.41 Å². The number of nitrogens with two attached hydrogens (primary N) is 1. The van der Waals surface area contributed by atoms with Crippen molar-refractivity contribution < 1.29 is 45.4 Å². The maximum atomic E-state index is 13.5. The van der Waals surface area contributed by atoms with E-state index in [0.29, 0.717) is 10.2 Å². The summed E-state index contributed by atoms with van der Waals surface area (Å²) in [4.78, 5) is 26.9. The van der Waals surface area contributed by atoms with E-state index in [4.69, 9.17) is 20.6 Å². The minimum absolute atomic E-state index is 0.0551. The molecule has 17 heteroatoms. The van der Waals surface area contributed by atoms with Crippen LogP contribution in [0, 0.1) is 5.41 Å². The van der Waals surface area contributed by atoms with Crippen molar-refractivity contribution in [2.24, 2.45) is 5.73 Å². The van der Waals surface area contributed by atoms with E-state index in [9.17, 15) is 31.2 Å². The topological polar surface area (TPSA) is 182 Å². The Hall–Kier alpha value is -4.35. The zero-order valence-corrected chi connectivity index (χ0v) is 26.4. The number of ether oxygens (including phenoxy) is 3. The smallest absolute Gasteiger partial charge is 0.490 e. The molecule has 1 unspecified atom stereocenters. The van der Waals surface area contributed by atoms with Gasteiger partial charge in [0.2, 0.25) is 0 Å². The predicted molar refractivity (Wildman–Crippen MR) is 161 cm³/mol. The van der Waals surface area contributed by atoms with E-state index in [1.807, 2.05) is 4.83 Å². The number of sulfonamides is 1. The molecule has 0 saturated heterocycles. The first-order valence-corrected chi connectivity index (χ1v) is 15.3. The lowest BCUT2D eigenvalue weighted by Crippen LogP contribution is -2.45. The molecule has 0 fully saturated rings. The number of anilines is 1. The molecule has 12 nitrogen and oxygen atoms in total. The quantitative estimate of drug-likeness (QED) is 0.0558. The standard InChI is InChI=1S/C28H29BrF3N5O7S/c1-4-42-23-12-16(8-11-21(23)43-15(2)3)24(26(38)36-37-45(40,41)19-7-5-6-17(29)13-19)35-18-9-10-20(25(33)34)22(14-18)44-27(39)28(30,31)32/h5-15,24,35,37H,4H2,1-3H3,(H3,33,34)(H,36,38). The number of hydrazine groups is 1. The lowest BCUT2D eigenvalue weighted by atomic mass is 10.0. The van der Waals surface area contributed by atoms with Crippen molar-refractivity contribution in [3.8, 4) is 17.2 Å². The summed E-state index contributed by atoms with van der Waals surface area (Å²) in [6, 6.07) is 12.1. The summed E-state index contributed by atoms with van der Waals surface area (Å²) in [5.74, 6) is -4.29. The number of hydrogen-bond acceptors (Lipinski definition) is 9. The summed E-state index contributed by atoms with van der Waals surface area (Å²) in [6.45, 7) is 5.56. The van der Waals surface area contributed by atoms with Crippen LogP contribution in [-0.4, -0.2) is 45.0 Å². The molecule has 3 rings (SSSR count). The van der Waals surface area contributed by atoms with Gasteiger partial charge in [0.15, 0.2) is 11.5 Å². The minimum atomic E-state index is -5.35. The molecule has 3 aromatic rings. The molecule has 3 aromatic carbocycles. The molecular weight excluding hydrogens is 687 g/mol. The lowest BCUT2D eigenvalue weighted by Gasteiger charge is -2.23. The van der Waals surface area contributed by atoms with Crippen LogP contribution in [0.2, 0.25) is 0 Å². The molecule has 45 heavy (non-hydrogen) atoms. The number of amides is 1. The Balaban J connectivity index is 2.04. The van der Waals surface area contributed by atoms with Crippen LogP contribution in [0.5, 0.6) is 17.2 Å². The Morgan fingerprint density at radius 3 is 2.33 bits per heavy atom. The Bertz CT molecular complexity index is 1690. The number of esters is 1. The third-order valence-electron chi connectivity index (χ3n) is 5.66. The third-order valence-corrected chi connectivity index (χ3v) is 7.40. The zero-order chi connectivity index (χ0) is 33.5. The van der Waals surface area contributed by atoms with Gasteiger partial charge in [-0.2, -0.15) is 13.2 Å². The zero-order valence-electron chi connectivity index (χ0n) is 24.0. The van der Waals surface area contributed by atoms with Crippen LogP contribution >= 0.6 is 15.9 Å². The second-order valence-corrected chi connectivity index (χ2v) is 12.0. The minimum Gasteiger partial charge on any atom is -0.490 e. The normalized spacial score (nSPS) is 12.3. The van der Waals surface area contributed by atoms with E-state index >= 15 is 0 Å². The second-order valence-electron chi connectivity index (χ2n) is 9.45. The van der Waals surface area contributed by atoms with E-state index < -0.39 is 45.7 Å². The highest BCUT2D eigenvalue weighted by Gasteiger charge is 2.42. The largest absolute Gasteiger partial charge is 0.491 e. The van der Waals surface area contributed by atoms with Crippen molar-refractivity contribution in [1.82, 2.24) is 10.3 Å². The molecule has 0 aliphatic heterocycles. The Labute approximate surface area is 265 Å². The van der Waals surface area contributed by atoms with Gasteiger partial charge in [-0.3, -0.25) is 15.6 Å². The van der Waals surface area contributed by atoms with Gasteiger partial charge >= 0.3 is 12.1 Å². The highest BCUT2D eigenvalue weighted by molar-refractivity contribution is 9.10. The number of amidine groups is 1. The van der Waals surface area contributed by atoms with Crippen LogP contribution in [0.25, 0.3) is 0 Å². The SMILES string of the molecule is CCOc1cc(C(Nc2ccc(C(=N)N)c(OC(=O)C(F)(F)F)c2)C(=O)NNS(=O)(=O)c2cccc(Br)c2)ccc1OC(C)C. The maximum Gasteiger partial charge on any atom is 0.491 e. The molecule has 0 heterocycles. The van der Waals surface area contributed by atoms with Gasteiger partial charge in [0, 0.05) is 16.2 Å². The molecule has 242 valence electrons. The number of nitrogen functional groups attached to an aromatic ring is 1. The molecule has 6 N–H and O–H groups in total. The van der Waals surface area contributed by atoms with Crippen LogP contribution in [-0.2, 0) is 19.6 Å². The maximum absolute atomic E-state index is 13.5. The number of halogens is 4. The van der Waals surface area contributed by atoms with E-state index in [1.54, 1.807) is 26.8 Å². The highest BCUT2D eigenvalue weighted by atomic mass is 79.9. The van der Waals surface area contributed by atoms with Crippen LogP contribution in [0.3, 0.4) is 0 Å². The van der Waals surface area contributed by atoms with Gasteiger partial charge in [0.25, 0.3) is 15.9 Å². The summed E-state index contributed by atoms with van der Waals surface area (Å²) < 4.78 is 80.9. The van der Waals surface area contributed by atoms with Gasteiger partial charge in [0.1, 0.15) is 17.6 Å². The Morgan fingerprint density at radius 2 is 1.73 bits per heavy atom. The van der Waals surface area contributed by atoms with Gasteiger partial charge in [0.05, 0.1) is 23.2 Å². The molecule has 1 amide bonds. The molecule has 0 saturated carbocycles. The van der Waals surface area contributed by atoms with Gasteiger partial charge in [-0.05, 0) is 68.8 Å². The van der Waals surface area contributed by atoms with Crippen LogP contribution < -0.4 is 35.5 Å². The molecule has 0 bridgehead atoms. The molecule has 0 spiro atoms. The molecule has 0 aromatic heterocycles. The van der Waals surface area contributed by atoms with Gasteiger partial charge in [-0.15, -0.1) is 4.83 Å². The van der Waals surface area contributed by atoms with Crippen LogP contribution in [0.4, 0.5) is 18.9 Å². The van der Waals surface area contributed by atoms with E-state index in [0.717, 1.165) is 12.1 Å². The molecule has 0 radical (unpaired) electrons. The number of nitrogens with one attached hydrogen (secondary N) is 4. The number of alkyl halides is 3. The summed E-state index contributed by atoms with van der Waals surface area (Å²) in [6.07, 6.45) is -5.57. The third kappa shape index (κ3) is 9.57. The van der Waals surface area contributed by atoms with Gasteiger partial charge in [-0.25, -0.2) is 13.2 Å². The van der Waals surface area contributed by atoms with Crippen molar-refractivity contribution in [3.63, 3.8) is 0 Å². The van der Waals surface area contributed by atoms with E-state index in [1.165, 1.54) is 42.5 Å². The van der Waals surface area contributed by atoms with Crippen LogP contribution in [0.1, 0.15) is 37.9 Å². The monoisotopic (exact) mass is 715 g/mol. The number of hydrogen-bond donors (Lipinski definition) is 5. The number of benzene rings is 3. The first-order chi connectivity index (χ1) is 21.0. The summed E-state index contributed by atoms with van der Waals surface area (Å²) >= 11 is 3.18. The summed E-state index contributed by atoms with van der Waals surface area (Å²) in [7, 11) is -4.24. The Kier molecular flexibility index (Phi) is 11.4. The fraction of sp³-hybridized carbons (Fsp3) is 0.250. The molecule has 0 aliphatic carbocycles. The van der Waals surface area contributed by atoms with Crippen molar-refractivity contribution in [3.05, 3.63) is 76.3 Å². The number of rotatable bonds is 13. The van der Waals surface area contributed by atoms with Crippen LogP contribution in [0.15, 0.2) is 70.0 Å². The van der Waals surface area contributed by atoms with E-state index in [-0.39, 0.29) is 40.2 Å². The van der Waals surface area contributed by atoms with Crippen molar-refractivity contribution >= 4 is 49.4 Å². The first-order valence-electron chi connectivity index (χ1n) is 13.1. The molecule has 1 atom stereocenters. The number of carbonyl (C=O) groups excluding carboxylic acids is 2. The Morgan fingerprint density at radius 1 is 1.02 bits per heavy atom. The summed E-state index contributed by atoms with van der Waals surface area (Å²) in [5.41, 5.74) is 7.43. The second kappa shape index (κ2) is 14.6. The average Bonchev–Trinajstić information content (AvgIpc) is 2.95. The fourth-order valence-electron chi connectivity index (χ4n) is 3.75. The fourth-order valence-corrected chi connectivity index (χ4v) is 5.19. The lowest BCUT2D eigenvalue weighted by molar-refractivity contribution is -0.189. The highest BCUT2D eigenvalue weighted by Crippen LogP contribution is 2.34. The van der Waals surface area contributed by atoms with Crippen molar-refractivity contribution in [2.75, 3.05) is 11.9 Å². The number of carbonyl (C=O) groups is 2. The van der Waals surface area contributed by atoms with Gasteiger partial charge in [-0.1, -0.05) is 28.1 Å². The molecule has 0 aliphatic rings. The summed E-state index contributed by atoms with van der Waals surface area (Å²) in [5, 5.41) is 10.4. The average molecular weight is 717 g/mol. The van der Waals surface area contributed by atoms with E-state index in [2.05, 4.69) is 31.4 Å². The van der Waals surface area contributed by atoms with Crippen molar-refractivity contribution in [2.45, 2.75) is 44.0 Å². The molecular formula is C28H29BrF3N5O7S. The predicted octanol–water partition coefficient (Wildman–Crippen LogP) is 4.55. The van der Waals surface area contributed by atoms with Gasteiger partial charge < -0.3 is 25.3 Å². The first kappa shape index (κ1) is 35.1.